The highest BCUT2D eigenvalue weighted by molar-refractivity contribution is 5.89. The van der Waals surface area contributed by atoms with Gasteiger partial charge in [0.2, 0.25) is 5.91 Å². The molecule has 6 nitrogen and oxygen atoms in total. The highest BCUT2D eigenvalue weighted by atomic mass is 35.5. The largest absolute Gasteiger partial charge is 0.508 e. The lowest BCUT2D eigenvalue weighted by atomic mass is 9.54. The normalized spacial score (nSPS) is 26.4. The highest BCUT2D eigenvalue weighted by Crippen LogP contribution is 2.50. The molecule has 1 aliphatic heterocycles. The van der Waals surface area contributed by atoms with Crippen LogP contribution in [0.5, 0.6) is 5.75 Å². The molecular formula is C19H31Cl2N3O3. The Balaban J connectivity index is 0.00000182. The molecule has 1 heterocycles. The van der Waals surface area contributed by atoms with Crippen LogP contribution in [-0.4, -0.2) is 60.3 Å². The molecule has 1 aliphatic carbocycles. The van der Waals surface area contributed by atoms with Gasteiger partial charge in [0, 0.05) is 50.3 Å². The number of hydrogen-bond donors (Lipinski definition) is 2. The van der Waals surface area contributed by atoms with Crippen molar-refractivity contribution in [3.63, 3.8) is 0 Å². The minimum atomic E-state index is -0.840. The van der Waals surface area contributed by atoms with Gasteiger partial charge < -0.3 is 25.4 Å². The van der Waals surface area contributed by atoms with Crippen molar-refractivity contribution in [3.05, 3.63) is 24.3 Å². The first-order chi connectivity index (χ1) is 11.8. The van der Waals surface area contributed by atoms with Crippen molar-refractivity contribution in [3.8, 4) is 5.75 Å². The second-order valence-electron chi connectivity index (χ2n) is 7.64. The third-order valence-corrected chi connectivity index (χ3v) is 5.99. The van der Waals surface area contributed by atoms with Gasteiger partial charge in [-0.15, -0.1) is 24.8 Å². The van der Waals surface area contributed by atoms with Gasteiger partial charge in [0.1, 0.15) is 11.3 Å². The molecule has 27 heavy (non-hydrogen) atoms. The molecule has 2 atom stereocenters. The molecule has 1 amide bonds. The van der Waals surface area contributed by atoms with Crippen molar-refractivity contribution in [2.45, 2.75) is 38.8 Å². The van der Waals surface area contributed by atoms with E-state index in [9.17, 15) is 9.90 Å². The number of benzene rings is 1. The van der Waals surface area contributed by atoms with Crippen LogP contribution < -0.4 is 10.6 Å². The molecule has 1 saturated carbocycles. The third kappa shape index (κ3) is 4.14. The van der Waals surface area contributed by atoms with Gasteiger partial charge in [-0.2, -0.15) is 0 Å². The smallest absolute Gasteiger partial charge is 0.243 e. The molecule has 2 aliphatic rings. The number of nitrogens with two attached hydrogens (primary N) is 1. The molecule has 154 valence electrons. The molecule has 0 radical (unpaired) electrons. The number of amides is 1. The fourth-order valence-electron chi connectivity index (χ4n) is 3.91. The summed E-state index contributed by atoms with van der Waals surface area (Å²) in [6, 6.07) is 7.18. The second-order valence-corrected chi connectivity index (χ2v) is 7.64. The van der Waals surface area contributed by atoms with E-state index in [-0.39, 0.29) is 48.0 Å². The van der Waals surface area contributed by atoms with Gasteiger partial charge in [-0.25, -0.2) is 0 Å². The molecule has 1 aromatic rings. The Bertz CT molecular complexity index is 634. The van der Waals surface area contributed by atoms with Gasteiger partial charge in [0.25, 0.3) is 0 Å². The molecule has 2 fully saturated rings. The zero-order valence-corrected chi connectivity index (χ0v) is 17.8. The van der Waals surface area contributed by atoms with Crippen LogP contribution in [0.4, 0.5) is 5.69 Å². The monoisotopic (exact) mass is 419 g/mol. The van der Waals surface area contributed by atoms with Gasteiger partial charge in [-0.05, 0) is 31.2 Å². The minimum absolute atomic E-state index is 0. The first kappa shape index (κ1) is 23.8. The number of carbonyl (C=O) groups excluding carboxylic acids is 1. The SMILES string of the molecule is CCOC1CC(N)(C(=O)N2CCN(c3ccc(O)cc3)CC2)C1(C)C.Cl.Cl. The third-order valence-electron chi connectivity index (χ3n) is 5.99. The average molecular weight is 420 g/mol. The lowest BCUT2D eigenvalue weighted by Gasteiger charge is -2.59. The Hall–Kier alpha value is -1.21. The average Bonchev–Trinajstić information content (AvgIpc) is 2.61. The van der Waals surface area contributed by atoms with Gasteiger partial charge in [-0.1, -0.05) is 13.8 Å². The second kappa shape index (κ2) is 8.86. The van der Waals surface area contributed by atoms with E-state index in [1.54, 1.807) is 12.1 Å². The summed E-state index contributed by atoms with van der Waals surface area (Å²) in [7, 11) is 0. The number of anilines is 1. The Morgan fingerprint density at radius 2 is 1.74 bits per heavy atom. The summed E-state index contributed by atoms with van der Waals surface area (Å²) in [5.41, 5.74) is 6.40. The standard InChI is InChI=1S/C19H29N3O3.2ClH/c1-4-25-16-13-19(20,18(16,2)3)17(24)22-11-9-21(10-12-22)14-5-7-15(23)8-6-14;;/h5-8,16,23H,4,9-13,20H2,1-3H3;2*1H. The topological polar surface area (TPSA) is 79.0 Å². The maximum Gasteiger partial charge on any atom is 0.243 e. The number of nitrogens with zero attached hydrogens (tertiary/aromatic N) is 2. The van der Waals surface area contributed by atoms with Gasteiger partial charge >= 0.3 is 0 Å². The molecule has 0 spiro atoms. The van der Waals surface area contributed by atoms with Crippen LogP contribution in [0.25, 0.3) is 0 Å². The highest BCUT2D eigenvalue weighted by Gasteiger charge is 2.63. The van der Waals surface area contributed by atoms with Crippen LogP contribution in [0.15, 0.2) is 24.3 Å². The zero-order chi connectivity index (χ0) is 18.2. The Morgan fingerprint density at radius 3 is 2.22 bits per heavy atom. The van der Waals surface area contributed by atoms with Crippen LogP contribution in [-0.2, 0) is 9.53 Å². The molecule has 0 aromatic heterocycles. The number of aromatic hydroxyl groups is 1. The van der Waals surface area contributed by atoms with Crippen LogP contribution in [0, 0.1) is 5.41 Å². The van der Waals surface area contributed by atoms with Crippen LogP contribution in [0.2, 0.25) is 0 Å². The summed E-state index contributed by atoms with van der Waals surface area (Å²) in [4.78, 5) is 17.2. The van der Waals surface area contributed by atoms with E-state index in [2.05, 4.69) is 4.90 Å². The molecule has 3 N–H and O–H groups in total. The lowest BCUT2D eigenvalue weighted by molar-refractivity contribution is -0.179. The predicted octanol–water partition coefficient (Wildman–Crippen LogP) is 2.42. The Morgan fingerprint density at radius 1 is 1.19 bits per heavy atom. The fraction of sp³-hybridized carbons (Fsp3) is 0.632. The van der Waals surface area contributed by atoms with Gasteiger partial charge in [0.05, 0.1) is 6.10 Å². The summed E-state index contributed by atoms with van der Waals surface area (Å²) in [6.45, 7) is 9.52. The number of phenols is 1. The maximum absolute atomic E-state index is 13.0. The maximum atomic E-state index is 13.0. The quantitative estimate of drug-likeness (QED) is 0.782. The van der Waals surface area contributed by atoms with E-state index in [0.29, 0.717) is 26.1 Å². The van der Waals surface area contributed by atoms with Gasteiger partial charge in [-0.3, -0.25) is 4.79 Å². The molecular weight excluding hydrogens is 389 g/mol. The summed E-state index contributed by atoms with van der Waals surface area (Å²) in [6.07, 6.45) is 0.634. The molecule has 8 heteroatoms. The molecule has 3 rings (SSSR count). The number of halogens is 2. The Kier molecular flexibility index (Phi) is 7.82. The number of carbonyl (C=O) groups is 1. The number of ether oxygens (including phenoxy) is 1. The first-order valence-electron chi connectivity index (χ1n) is 9.03. The zero-order valence-electron chi connectivity index (χ0n) is 16.2. The van der Waals surface area contributed by atoms with E-state index in [0.717, 1.165) is 18.8 Å². The summed E-state index contributed by atoms with van der Waals surface area (Å²) in [5, 5.41) is 9.41. The minimum Gasteiger partial charge on any atom is -0.508 e. The van der Waals surface area contributed by atoms with E-state index in [1.807, 2.05) is 37.8 Å². The summed E-state index contributed by atoms with van der Waals surface area (Å²) < 4.78 is 5.73. The molecule has 2 unspecified atom stereocenters. The molecule has 1 aromatic carbocycles. The lowest BCUT2D eigenvalue weighted by Crippen LogP contribution is -2.76. The first-order valence-corrected chi connectivity index (χ1v) is 9.03. The number of hydrogen-bond acceptors (Lipinski definition) is 5. The van der Waals surface area contributed by atoms with Crippen LogP contribution in [0.3, 0.4) is 0 Å². The molecule has 0 bridgehead atoms. The number of piperazine rings is 1. The van der Waals surface area contributed by atoms with Crippen molar-refractivity contribution in [2.75, 3.05) is 37.7 Å². The Labute approximate surface area is 173 Å². The van der Waals surface area contributed by atoms with Crippen molar-refractivity contribution < 1.29 is 14.6 Å². The van der Waals surface area contributed by atoms with Crippen molar-refractivity contribution >= 4 is 36.4 Å². The van der Waals surface area contributed by atoms with Gasteiger partial charge in [0.15, 0.2) is 0 Å². The fourth-order valence-corrected chi connectivity index (χ4v) is 3.91. The number of phenolic OH excluding ortho intramolecular Hbond substituents is 1. The molecule has 1 saturated heterocycles. The van der Waals surface area contributed by atoms with E-state index < -0.39 is 5.54 Å². The van der Waals surface area contributed by atoms with Crippen LogP contribution in [0.1, 0.15) is 27.2 Å². The predicted molar refractivity (Wildman–Crippen MR) is 112 cm³/mol. The summed E-state index contributed by atoms with van der Waals surface area (Å²) >= 11 is 0. The van der Waals surface area contributed by atoms with Crippen molar-refractivity contribution in [1.29, 1.82) is 0 Å². The van der Waals surface area contributed by atoms with Crippen molar-refractivity contribution in [2.24, 2.45) is 11.1 Å². The summed E-state index contributed by atoms with van der Waals surface area (Å²) in [5.74, 6) is 0.303. The van der Waals surface area contributed by atoms with Crippen LogP contribution >= 0.6 is 24.8 Å². The number of rotatable bonds is 4. The van der Waals surface area contributed by atoms with E-state index >= 15 is 0 Å². The van der Waals surface area contributed by atoms with E-state index in [4.69, 9.17) is 10.5 Å². The van der Waals surface area contributed by atoms with Crippen molar-refractivity contribution in [1.82, 2.24) is 4.90 Å². The van der Waals surface area contributed by atoms with E-state index in [1.165, 1.54) is 0 Å².